The predicted molar refractivity (Wildman–Crippen MR) is 101 cm³/mol. The summed E-state index contributed by atoms with van der Waals surface area (Å²) in [4.78, 5) is 12.3. The highest BCUT2D eigenvalue weighted by molar-refractivity contribution is 8.00. The number of thioether (sulfide) groups is 1. The van der Waals surface area contributed by atoms with E-state index in [1.165, 1.54) is 12.5 Å². The predicted octanol–water partition coefficient (Wildman–Crippen LogP) is 5.91. The van der Waals surface area contributed by atoms with Gasteiger partial charge < -0.3 is 9.73 Å². The molecule has 1 aliphatic carbocycles. The lowest BCUT2D eigenvalue weighted by Gasteiger charge is -2.17. The van der Waals surface area contributed by atoms with Crippen molar-refractivity contribution in [3.05, 3.63) is 34.7 Å². The van der Waals surface area contributed by atoms with Crippen molar-refractivity contribution in [2.75, 3.05) is 5.32 Å². The average Bonchev–Trinajstić information content (AvgIpc) is 3.11. The van der Waals surface area contributed by atoms with Crippen LogP contribution in [0.3, 0.4) is 0 Å². The third kappa shape index (κ3) is 5.20. The molecule has 1 fully saturated rings. The Morgan fingerprint density at radius 3 is 2.68 bits per heavy atom. The maximum atomic E-state index is 12.9. The first-order chi connectivity index (χ1) is 13.2. The minimum Gasteiger partial charge on any atom is -0.416 e. The summed E-state index contributed by atoms with van der Waals surface area (Å²) in [6.07, 6.45) is 0.910. The van der Waals surface area contributed by atoms with Crippen molar-refractivity contribution in [1.29, 1.82) is 0 Å². The lowest BCUT2D eigenvalue weighted by atomic mass is 9.89. The van der Waals surface area contributed by atoms with Crippen molar-refractivity contribution in [3.8, 4) is 0 Å². The van der Waals surface area contributed by atoms with E-state index in [4.69, 9.17) is 16.0 Å². The molecule has 2 aromatic rings. The van der Waals surface area contributed by atoms with E-state index in [2.05, 4.69) is 15.5 Å². The normalized spacial score (nSPS) is 16.8. The van der Waals surface area contributed by atoms with Gasteiger partial charge in [0.25, 0.3) is 5.22 Å². The summed E-state index contributed by atoms with van der Waals surface area (Å²) < 4.78 is 44.5. The molecule has 0 aliphatic heterocycles. The average molecular weight is 434 g/mol. The maximum Gasteiger partial charge on any atom is 0.417 e. The van der Waals surface area contributed by atoms with E-state index in [1.807, 2.05) is 0 Å². The van der Waals surface area contributed by atoms with Crippen LogP contribution in [0, 0.1) is 0 Å². The molecule has 1 amide bonds. The van der Waals surface area contributed by atoms with E-state index in [-0.39, 0.29) is 16.8 Å². The maximum absolute atomic E-state index is 12.9. The van der Waals surface area contributed by atoms with Crippen LogP contribution in [0.5, 0.6) is 0 Å². The molecule has 1 aromatic carbocycles. The number of hydrogen-bond donors (Lipinski definition) is 1. The van der Waals surface area contributed by atoms with Crippen LogP contribution in [0.15, 0.2) is 27.8 Å². The second-order valence-electron chi connectivity index (χ2n) is 6.68. The molecule has 0 saturated heterocycles. The van der Waals surface area contributed by atoms with Gasteiger partial charge >= 0.3 is 6.18 Å². The lowest BCUT2D eigenvalue weighted by Crippen LogP contribution is -2.22. The van der Waals surface area contributed by atoms with E-state index < -0.39 is 27.9 Å². The molecule has 0 radical (unpaired) electrons. The highest BCUT2D eigenvalue weighted by atomic mass is 35.5. The van der Waals surface area contributed by atoms with E-state index >= 15 is 0 Å². The summed E-state index contributed by atoms with van der Waals surface area (Å²) in [5.41, 5.74) is -0.983. The van der Waals surface area contributed by atoms with Gasteiger partial charge in [-0.2, -0.15) is 13.2 Å². The molecule has 1 saturated carbocycles. The molecule has 5 nitrogen and oxygen atoms in total. The van der Waals surface area contributed by atoms with E-state index in [9.17, 15) is 18.0 Å². The van der Waals surface area contributed by atoms with Gasteiger partial charge in [-0.15, -0.1) is 10.2 Å². The Morgan fingerprint density at radius 1 is 1.29 bits per heavy atom. The molecule has 3 rings (SSSR count). The fraction of sp³-hybridized carbons (Fsp3) is 0.500. The highest BCUT2D eigenvalue weighted by Gasteiger charge is 2.33. The number of hydrogen-bond acceptors (Lipinski definition) is 5. The minimum atomic E-state index is -4.60. The third-order valence-corrected chi connectivity index (χ3v) is 5.83. The Bertz CT molecular complexity index is 838. The molecule has 0 bridgehead atoms. The van der Waals surface area contributed by atoms with Crippen molar-refractivity contribution >= 4 is 35.0 Å². The van der Waals surface area contributed by atoms with Gasteiger partial charge in [0.1, 0.15) is 0 Å². The Kier molecular flexibility index (Phi) is 6.54. The molecular formula is C18H19ClF3N3O2S. The molecule has 1 heterocycles. The van der Waals surface area contributed by atoms with Crippen LogP contribution < -0.4 is 5.32 Å². The number of aromatic nitrogens is 2. The van der Waals surface area contributed by atoms with Crippen LogP contribution >= 0.6 is 23.4 Å². The van der Waals surface area contributed by atoms with Gasteiger partial charge in [-0.3, -0.25) is 4.79 Å². The van der Waals surface area contributed by atoms with E-state index in [0.717, 1.165) is 49.6 Å². The number of carbonyl (C=O) groups excluding carboxylic acids is 1. The first kappa shape index (κ1) is 21.0. The quantitative estimate of drug-likeness (QED) is 0.594. The molecular weight excluding hydrogens is 415 g/mol. The van der Waals surface area contributed by atoms with Crippen LogP contribution in [0.4, 0.5) is 18.9 Å². The Balaban J connectivity index is 1.61. The number of halogens is 4. The van der Waals surface area contributed by atoms with Gasteiger partial charge in [0, 0.05) is 11.6 Å². The van der Waals surface area contributed by atoms with Crippen molar-refractivity contribution in [2.24, 2.45) is 0 Å². The molecule has 10 heteroatoms. The molecule has 1 aromatic heterocycles. The number of rotatable bonds is 5. The Hall–Kier alpha value is -1.74. The number of amides is 1. The zero-order chi connectivity index (χ0) is 20.3. The standard InChI is InChI=1S/C18H19ClF3N3O2S/c1-10(28-17-25-24-16(27-17)11-5-3-2-4-6-11)15(26)23-12-7-8-14(19)13(9-12)18(20,21)22/h7-11H,2-6H2,1H3,(H,23,26). The number of benzene rings is 1. The summed E-state index contributed by atoms with van der Waals surface area (Å²) in [7, 11) is 0. The van der Waals surface area contributed by atoms with Crippen molar-refractivity contribution in [3.63, 3.8) is 0 Å². The van der Waals surface area contributed by atoms with Gasteiger partial charge in [-0.25, -0.2) is 0 Å². The van der Waals surface area contributed by atoms with Crippen LogP contribution in [-0.4, -0.2) is 21.4 Å². The first-order valence-electron chi connectivity index (χ1n) is 8.91. The first-order valence-corrected chi connectivity index (χ1v) is 10.2. The number of anilines is 1. The summed E-state index contributed by atoms with van der Waals surface area (Å²) >= 11 is 6.66. The van der Waals surface area contributed by atoms with Gasteiger partial charge in [0.15, 0.2) is 0 Å². The second kappa shape index (κ2) is 8.73. The molecule has 28 heavy (non-hydrogen) atoms. The molecule has 1 atom stereocenters. The number of nitrogens with one attached hydrogen (secondary N) is 1. The summed E-state index contributed by atoms with van der Waals surface area (Å²) in [5, 5.41) is 9.73. The third-order valence-electron chi connectivity index (χ3n) is 4.56. The van der Waals surface area contributed by atoms with Gasteiger partial charge in [0.2, 0.25) is 11.8 Å². The zero-order valence-corrected chi connectivity index (χ0v) is 16.6. The largest absolute Gasteiger partial charge is 0.417 e. The topological polar surface area (TPSA) is 68.0 Å². The minimum absolute atomic E-state index is 0.0163. The lowest BCUT2D eigenvalue weighted by molar-refractivity contribution is -0.137. The number of nitrogens with zero attached hydrogens (tertiary/aromatic N) is 2. The molecule has 1 N–H and O–H groups in total. The van der Waals surface area contributed by atoms with Crippen molar-refractivity contribution < 1.29 is 22.4 Å². The number of alkyl halides is 3. The monoisotopic (exact) mass is 433 g/mol. The van der Waals surface area contributed by atoms with E-state index in [0.29, 0.717) is 5.89 Å². The van der Waals surface area contributed by atoms with E-state index in [1.54, 1.807) is 6.92 Å². The van der Waals surface area contributed by atoms with Crippen LogP contribution in [0.2, 0.25) is 5.02 Å². The second-order valence-corrected chi connectivity index (χ2v) is 8.38. The summed E-state index contributed by atoms with van der Waals surface area (Å²) in [6.45, 7) is 1.62. The fourth-order valence-corrected chi connectivity index (χ4v) is 3.97. The van der Waals surface area contributed by atoms with Crippen molar-refractivity contribution in [1.82, 2.24) is 10.2 Å². The van der Waals surface area contributed by atoms with Crippen LogP contribution in [0.25, 0.3) is 0 Å². The summed E-state index contributed by atoms with van der Waals surface area (Å²) in [6, 6.07) is 3.23. The van der Waals surface area contributed by atoms with Crippen LogP contribution in [-0.2, 0) is 11.0 Å². The molecule has 152 valence electrons. The zero-order valence-electron chi connectivity index (χ0n) is 15.1. The smallest absolute Gasteiger partial charge is 0.416 e. The van der Waals surface area contributed by atoms with Crippen molar-refractivity contribution in [2.45, 2.75) is 61.6 Å². The Morgan fingerprint density at radius 2 is 2.00 bits per heavy atom. The fourth-order valence-electron chi connectivity index (χ4n) is 3.05. The SMILES string of the molecule is CC(Sc1nnc(C2CCCCC2)o1)C(=O)Nc1ccc(Cl)c(C(F)(F)F)c1. The van der Waals surface area contributed by atoms with Gasteiger partial charge in [0.05, 0.1) is 15.8 Å². The van der Waals surface area contributed by atoms with Gasteiger partial charge in [-0.05, 0) is 38.0 Å². The van der Waals surface area contributed by atoms with Gasteiger partial charge in [-0.1, -0.05) is 42.6 Å². The Labute approximate surface area is 169 Å². The van der Waals surface area contributed by atoms with Crippen LogP contribution in [0.1, 0.15) is 56.4 Å². The number of carbonyl (C=O) groups is 1. The summed E-state index contributed by atoms with van der Waals surface area (Å²) in [5.74, 6) is 0.370. The molecule has 1 unspecified atom stereocenters. The highest BCUT2D eigenvalue weighted by Crippen LogP contribution is 2.37. The molecule has 1 aliphatic rings. The molecule has 0 spiro atoms.